The van der Waals surface area contributed by atoms with Crippen LogP contribution in [-0.4, -0.2) is 0 Å². The van der Waals surface area contributed by atoms with Crippen LogP contribution >= 0.6 is 0 Å². The van der Waals surface area contributed by atoms with E-state index in [1.54, 1.807) is 5.57 Å². The topological polar surface area (TPSA) is 0 Å². The molecule has 0 nitrogen and oxygen atoms in total. The van der Waals surface area contributed by atoms with Gasteiger partial charge in [-0.15, -0.1) is 0 Å². The van der Waals surface area contributed by atoms with Gasteiger partial charge in [-0.05, 0) is 93.2 Å². The molecule has 2 aliphatic carbocycles. The second kappa shape index (κ2) is 14.3. The highest BCUT2D eigenvalue weighted by atomic mass is 19.2. The van der Waals surface area contributed by atoms with E-state index in [2.05, 4.69) is 13.0 Å². The highest BCUT2D eigenvalue weighted by molar-refractivity contribution is 5.24. The molecule has 1 aromatic carbocycles. The molecule has 0 aromatic heterocycles. The van der Waals surface area contributed by atoms with E-state index in [1.165, 1.54) is 128 Å². The first-order valence-corrected chi connectivity index (χ1v) is 14.2. The molecule has 1 fully saturated rings. The van der Waals surface area contributed by atoms with Crippen molar-refractivity contribution in [3.8, 4) is 0 Å². The number of allylic oxidation sites excluding steroid dienone is 2. The maximum absolute atomic E-state index is 14.1. The van der Waals surface area contributed by atoms with Crippen molar-refractivity contribution >= 4 is 0 Å². The summed E-state index contributed by atoms with van der Waals surface area (Å²) in [7, 11) is 0. The third-order valence-electron chi connectivity index (χ3n) is 8.56. The second-order valence-electron chi connectivity index (χ2n) is 11.2. The molecule has 1 saturated carbocycles. The van der Waals surface area contributed by atoms with E-state index in [0.717, 1.165) is 18.4 Å². The van der Waals surface area contributed by atoms with Gasteiger partial charge in [-0.25, -0.2) is 8.78 Å². The van der Waals surface area contributed by atoms with Gasteiger partial charge in [0.1, 0.15) is 0 Å². The van der Waals surface area contributed by atoms with Gasteiger partial charge in [0.15, 0.2) is 11.6 Å². The van der Waals surface area contributed by atoms with Crippen LogP contribution in [0, 0.1) is 17.0 Å². The van der Waals surface area contributed by atoms with E-state index < -0.39 is 11.6 Å². The number of hydrogen-bond acceptors (Lipinski definition) is 0. The highest BCUT2D eigenvalue weighted by Gasteiger charge is 2.32. The predicted molar refractivity (Wildman–Crippen MR) is 138 cm³/mol. The number of hydrogen-bond donors (Lipinski definition) is 0. The van der Waals surface area contributed by atoms with Gasteiger partial charge < -0.3 is 0 Å². The Morgan fingerprint density at radius 3 is 2.27 bits per heavy atom. The fourth-order valence-electron chi connectivity index (χ4n) is 6.42. The van der Waals surface area contributed by atoms with E-state index in [9.17, 15) is 8.78 Å². The minimum atomic E-state index is -0.725. The molecular formula is C31H48F2. The summed E-state index contributed by atoms with van der Waals surface area (Å²) in [6, 6.07) is 4.66. The maximum atomic E-state index is 14.1. The highest BCUT2D eigenvalue weighted by Crippen LogP contribution is 2.47. The first-order chi connectivity index (χ1) is 16.1. The Morgan fingerprint density at radius 2 is 1.58 bits per heavy atom. The van der Waals surface area contributed by atoms with E-state index in [1.807, 2.05) is 6.07 Å². The zero-order valence-electron chi connectivity index (χ0n) is 21.3. The summed E-state index contributed by atoms with van der Waals surface area (Å²) in [6.07, 6.45) is 28.6. The Labute approximate surface area is 202 Å². The van der Waals surface area contributed by atoms with Crippen LogP contribution < -0.4 is 0 Å². The lowest BCUT2D eigenvalue weighted by atomic mass is 9.66. The van der Waals surface area contributed by atoms with E-state index in [4.69, 9.17) is 0 Å². The number of halogens is 2. The largest absolute Gasteiger partial charge is 0.204 e. The van der Waals surface area contributed by atoms with Gasteiger partial charge in [-0.1, -0.05) is 88.8 Å². The Morgan fingerprint density at radius 1 is 0.818 bits per heavy atom. The molecule has 0 heterocycles. The minimum absolute atomic E-state index is 0.317. The zero-order valence-corrected chi connectivity index (χ0v) is 21.3. The molecule has 3 rings (SSSR count). The first kappa shape index (κ1) is 26.4. The van der Waals surface area contributed by atoms with Crippen LogP contribution in [0.5, 0.6) is 0 Å². The van der Waals surface area contributed by atoms with Gasteiger partial charge >= 0.3 is 0 Å². The van der Waals surface area contributed by atoms with Crippen molar-refractivity contribution in [2.45, 2.75) is 141 Å². The summed E-state index contributed by atoms with van der Waals surface area (Å²) in [5.41, 5.74) is 3.03. The normalized spacial score (nSPS) is 19.3. The minimum Gasteiger partial charge on any atom is -0.204 e. The second-order valence-corrected chi connectivity index (χ2v) is 11.2. The third kappa shape index (κ3) is 8.84. The molecule has 0 spiro atoms. The summed E-state index contributed by atoms with van der Waals surface area (Å²) >= 11 is 0. The van der Waals surface area contributed by atoms with Crippen molar-refractivity contribution < 1.29 is 8.78 Å². The number of rotatable bonds is 14. The molecule has 0 saturated heterocycles. The fraction of sp³-hybridized carbons (Fsp3) is 0.742. The van der Waals surface area contributed by atoms with Crippen molar-refractivity contribution in [2.75, 3.05) is 0 Å². The number of unbranched alkanes of at least 4 members (excludes halogenated alkanes) is 6. The molecule has 1 unspecified atom stereocenters. The predicted octanol–water partition coefficient (Wildman–Crippen LogP) is 10.8. The van der Waals surface area contributed by atoms with E-state index in [-0.39, 0.29) is 0 Å². The molecule has 1 aromatic rings. The Hall–Kier alpha value is -1.18. The smallest absolute Gasteiger partial charge is 0.159 e. The van der Waals surface area contributed by atoms with Gasteiger partial charge in [-0.2, -0.15) is 0 Å². The van der Waals surface area contributed by atoms with Crippen LogP contribution in [0.25, 0.3) is 0 Å². The molecule has 2 aliphatic rings. The molecule has 0 aliphatic heterocycles. The lowest BCUT2D eigenvalue weighted by Gasteiger charge is -2.39. The van der Waals surface area contributed by atoms with Crippen molar-refractivity contribution in [3.05, 3.63) is 47.0 Å². The summed E-state index contributed by atoms with van der Waals surface area (Å²) in [5.74, 6) is -1.10. The van der Waals surface area contributed by atoms with Gasteiger partial charge in [0.05, 0.1) is 0 Å². The maximum Gasteiger partial charge on any atom is 0.159 e. The van der Waals surface area contributed by atoms with E-state index in [0.29, 0.717) is 11.3 Å². The van der Waals surface area contributed by atoms with Crippen molar-refractivity contribution in [1.29, 1.82) is 0 Å². The van der Waals surface area contributed by atoms with Crippen LogP contribution in [0.2, 0.25) is 0 Å². The summed E-state index contributed by atoms with van der Waals surface area (Å²) in [6.45, 7) is 2.28. The summed E-state index contributed by atoms with van der Waals surface area (Å²) in [4.78, 5) is 0. The van der Waals surface area contributed by atoms with Crippen molar-refractivity contribution in [1.82, 2.24) is 0 Å². The standard InChI is InChI=1S/C31H48F2/c1-2-3-4-5-6-7-12-20-31(21-13-9-14-22-31)23-19-28(24-26-15-10-8-11-16-26)27-17-18-29(32)30(33)25-27/h15,17-18,25,28H,2-14,16,19-24H2,1H3. The lowest BCUT2D eigenvalue weighted by Crippen LogP contribution is -2.25. The Kier molecular flexibility index (Phi) is 11.4. The fourth-order valence-corrected chi connectivity index (χ4v) is 6.42. The first-order valence-electron chi connectivity index (χ1n) is 14.2. The molecule has 33 heavy (non-hydrogen) atoms. The number of benzene rings is 1. The third-order valence-corrected chi connectivity index (χ3v) is 8.56. The average molecular weight is 459 g/mol. The van der Waals surface area contributed by atoms with Gasteiger partial charge in [0.2, 0.25) is 0 Å². The molecule has 0 amide bonds. The van der Waals surface area contributed by atoms with Crippen LogP contribution in [0.3, 0.4) is 0 Å². The Balaban J connectivity index is 1.62. The van der Waals surface area contributed by atoms with Crippen molar-refractivity contribution in [3.63, 3.8) is 0 Å². The van der Waals surface area contributed by atoms with Crippen LogP contribution in [0.4, 0.5) is 8.78 Å². The van der Waals surface area contributed by atoms with E-state index >= 15 is 0 Å². The molecule has 186 valence electrons. The Bertz CT molecular complexity index is 714. The van der Waals surface area contributed by atoms with Gasteiger partial charge in [-0.3, -0.25) is 0 Å². The van der Waals surface area contributed by atoms with Crippen molar-refractivity contribution in [2.24, 2.45) is 5.41 Å². The molecule has 0 N–H and O–H groups in total. The molecular weight excluding hydrogens is 410 g/mol. The molecule has 0 bridgehead atoms. The summed E-state index contributed by atoms with van der Waals surface area (Å²) in [5, 5.41) is 0. The zero-order chi connectivity index (χ0) is 23.4. The lowest BCUT2D eigenvalue weighted by molar-refractivity contribution is 0.144. The van der Waals surface area contributed by atoms with Crippen LogP contribution in [-0.2, 0) is 0 Å². The van der Waals surface area contributed by atoms with Crippen LogP contribution in [0.1, 0.15) is 147 Å². The molecule has 2 heteroatoms. The SMILES string of the molecule is CCCCCCCCCC1(CCC(CC2=CCCCC2)c2ccc(F)c(F)c2)CCCCC1. The quantitative estimate of drug-likeness (QED) is 0.192. The van der Waals surface area contributed by atoms with Gasteiger partial charge in [0.25, 0.3) is 0 Å². The van der Waals surface area contributed by atoms with Crippen LogP contribution in [0.15, 0.2) is 29.8 Å². The molecule has 1 atom stereocenters. The average Bonchev–Trinajstić information content (AvgIpc) is 2.84. The van der Waals surface area contributed by atoms with Gasteiger partial charge in [0, 0.05) is 0 Å². The molecule has 0 radical (unpaired) electrons. The monoisotopic (exact) mass is 458 g/mol. The summed E-state index contributed by atoms with van der Waals surface area (Å²) < 4.78 is 27.8.